The topological polar surface area (TPSA) is 210 Å². The van der Waals surface area contributed by atoms with E-state index in [9.17, 15) is 24.3 Å². The molecule has 6 aliphatic rings. The average Bonchev–Trinajstić information content (AvgIpc) is 1.90. The molecule has 9 rings (SSSR count). The second kappa shape index (κ2) is 21.2. The average molecular weight is 1140 g/mol. The predicted molar refractivity (Wildman–Crippen MR) is 280 cm³/mol. The van der Waals surface area contributed by atoms with Crippen molar-refractivity contribution in [3.8, 4) is 5.75 Å². The Labute approximate surface area is 467 Å². The standard InChI is InChI=1S/C57H64Cl3NO17/c1-11-39-73-42-40-30(2)36(71-49(64)43-41(32-18-14-12-15-19-32)61(50(65)78-52(4,5)6)47(75-43)33-22-24-35(68-10)25-23-33)27-56(67,53(40,7)8)46(76-48(63)34-20-16-13-17-21-34)44-54(9,45(42)74-39)37(72-51(66)70-29-57(58,59)60)26-38-55(44,28-69-38)77-31(3)62/h11-25,36-39,41-47,67H,1,26-29H2,2-10H3/t36?,37?,38?,39?,41-,42?,43+,44?,45?,46?,47+,54+,55?,56?/m0/s1. The summed E-state index contributed by atoms with van der Waals surface area (Å²) in [6.07, 6.45) is -12.9. The SMILES string of the molecule is C=CC1OC2C3=C(C)C(OC(=O)[C@@H]4O[C@H](c5ccc(OC)cc5)N(C(=O)OC(C)(C)C)[C@H]4c4ccccc4)CC(O)(C(OC(=O)c4ccccc4)C4C5(OC(C)=O)COC5CC(OC(=O)OCC(Cl)(Cl)Cl)[C@@]4(C)C2O1)C3(C)C. The van der Waals surface area contributed by atoms with Gasteiger partial charge in [0.15, 0.2) is 24.2 Å². The molecule has 1 amide bonds. The van der Waals surface area contributed by atoms with Gasteiger partial charge in [0.25, 0.3) is 0 Å². The van der Waals surface area contributed by atoms with Crippen LogP contribution in [-0.2, 0) is 57.0 Å². The van der Waals surface area contributed by atoms with Crippen molar-refractivity contribution in [2.24, 2.45) is 16.7 Å². The van der Waals surface area contributed by atoms with Crippen molar-refractivity contribution < 1.29 is 81.2 Å². The van der Waals surface area contributed by atoms with Crippen LogP contribution >= 0.6 is 34.8 Å². The Morgan fingerprint density at radius 1 is 0.872 bits per heavy atom. The second-order valence-corrected chi connectivity index (χ2v) is 24.8. The molecule has 1 N–H and O–H groups in total. The van der Waals surface area contributed by atoms with Crippen LogP contribution in [0.15, 0.2) is 109 Å². The number of rotatable bonds is 11. The zero-order valence-corrected chi connectivity index (χ0v) is 46.9. The normalized spacial score (nSPS) is 33.8. The number of hydrogen-bond donors (Lipinski definition) is 1. The molecule has 2 bridgehead atoms. The minimum atomic E-state index is -2.32. The van der Waals surface area contributed by atoms with Gasteiger partial charge in [-0.2, -0.15) is 0 Å². The Morgan fingerprint density at radius 2 is 1.53 bits per heavy atom. The van der Waals surface area contributed by atoms with Crippen molar-refractivity contribution >= 4 is 65.0 Å². The lowest BCUT2D eigenvalue weighted by Gasteiger charge is -2.69. The summed E-state index contributed by atoms with van der Waals surface area (Å²) in [7, 11) is 1.52. The fourth-order valence-electron chi connectivity index (χ4n) is 12.7. The molecule has 0 spiro atoms. The van der Waals surface area contributed by atoms with Gasteiger partial charge in [0.2, 0.25) is 3.79 Å². The zero-order chi connectivity index (χ0) is 56.5. The molecule has 0 aromatic heterocycles. The van der Waals surface area contributed by atoms with Gasteiger partial charge in [-0.3, -0.25) is 9.69 Å². The molecule has 18 nitrogen and oxygen atoms in total. The summed E-state index contributed by atoms with van der Waals surface area (Å²) in [5.74, 6) is -3.39. The number of esters is 3. The van der Waals surface area contributed by atoms with Crippen molar-refractivity contribution in [1.82, 2.24) is 4.90 Å². The zero-order valence-electron chi connectivity index (χ0n) is 44.6. The molecule has 3 aromatic rings. The highest BCUT2D eigenvalue weighted by Crippen LogP contribution is 2.67. The largest absolute Gasteiger partial charge is 0.508 e. The third-order valence-corrected chi connectivity index (χ3v) is 16.5. The number of halogens is 3. The first kappa shape index (κ1) is 57.3. The Hall–Kier alpha value is -5.44. The molecule has 3 aromatic carbocycles. The van der Waals surface area contributed by atoms with Crippen molar-refractivity contribution in [2.45, 2.75) is 150 Å². The van der Waals surface area contributed by atoms with Crippen LogP contribution in [-0.4, -0.2) is 130 Å². The van der Waals surface area contributed by atoms with Gasteiger partial charge in [0.1, 0.15) is 66.2 Å². The van der Waals surface area contributed by atoms with Gasteiger partial charge in [0.05, 0.1) is 25.2 Å². The second-order valence-electron chi connectivity index (χ2n) is 22.3. The molecule has 3 aliphatic heterocycles. The minimum Gasteiger partial charge on any atom is -0.497 e. The summed E-state index contributed by atoms with van der Waals surface area (Å²) in [5.41, 5.74) is -6.25. The maximum absolute atomic E-state index is 15.5. The van der Waals surface area contributed by atoms with Crippen molar-refractivity contribution in [3.05, 3.63) is 125 Å². The first-order chi connectivity index (χ1) is 36.7. The highest BCUT2D eigenvalue weighted by Gasteiger charge is 2.80. The fraction of sp³-hybridized carbons (Fsp3) is 0.526. The lowest BCUT2D eigenvalue weighted by atomic mass is 9.44. The van der Waals surface area contributed by atoms with E-state index in [-0.39, 0.29) is 18.6 Å². The predicted octanol–water partition coefficient (Wildman–Crippen LogP) is 9.61. The highest BCUT2D eigenvalue weighted by atomic mass is 35.6. The molecule has 3 saturated heterocycles. The van der Waals surface area contributed by atoms with E-state index in [2.05, 4.69) is 6.58 Å². The smallest absolute Gasteiger partial charge is 0.497 e. The van der Waals surface area contributed by atoms with Crippen LogP contribution in [0.5, 0.6) is 5.75 Å². The number of hydrogen-bond acceptors (Lipinski definition) is 17. The van der Waals surface area contributed by atoms with E-state index in [1.54, 1.807) is 121 Å². The quantitative estimate of drug-likeness (QED) is 0.0820. The number of methoxy groups -OCH3 is 1. The number of alkyl halides is 3. The summed E-state index contributed by atoms with van der Waals surface area (Å²) in [6, 6.07) is 22.6. The van der Waals surface area contributed by atoms with Gasteiger partial charge in [-0.25, -0.2) is 19.2 Å². The van der Waals surface area contributed by atoms with E-state index >= 15 is 4.79 Å². The molecule has 3 aliphatic carbocycles. The van der Waals surface area contributed by atoms with Gasteiger partial charge in [-0.1, -0.05) is 123 Å². The van der Waals surface area contributed by atoms with Crippen molar-refractivity contribution in [3.63, 3.8) is 0 Å². The van der Waals surface area contributed by atoms with Crippen LogP contribution < -0.4 is 4.74 Å². The van der Waals surface area contributed by atoms with E-state index in [0.717, 1.165) is 0 Å². The molecular weight excluding hydrogens is 1080 g/mol. The lowest BCUT2D eigenvalue weighted by Crippen LogP contribution is -2.82. The fourth-order valence-corrected chi connectivity index (χ4v) is 12.8. The van der Waals surface area contributed by atoms with E-state index in [0.29, 0.717) is 28.0 Å². The summed E-state index contributed by atoms with van der Waals surface area (Å²) in [6.45, 7) is 16.4. The number of aliphatic hydroxyl groups is 1. The lowest BCUT2D eigenvalue weighted by molar-refractivity contribution is -0.362. The van der Waals surface area contributed by atoms with Gasteiger partial charge >= 0.3 is 30.2 Å². The van der Waals surface area contributed by atoms with Gasteiger partial charge in [0, 0.05) is 36.2 Å². The van der Waals surface area contributed by atoms with Crippen LogP contribution in [0.25, 0.3) is 0 Å². The van der Waals surface area contributed by atoms with Gasteiger partial charge in [-0.05, 0) is 74.7 Å². The van der Waals surface area contributed by atoms with Gasteiger partial charge < -0.3 is 57.2 Å². The third-order valence-electron chi connectivity index (χ3n) is 16.2. The van der Waals surface area contributed by atoms with Crippen molar-refractivity contribution in [1.29, 1.82) is 0 Å². The van der Waals surface area contributed by atoms with Crippen LogP contribution in [0.4, 0.5) is 9.59 Å². The van der Waals surface area contributed by atoms with Crippen LogP contribution in [0.1, 0.15) is 102 Å². The molecule has 3 heterocycles. The molecular formula is C57H64Cl3NO17. The molecule has 420 valence electrons. The first-order valence-electron chi connectivity index (χ1n) is 25.6. The molecule has 21 heteroatoms. The minimum absolute atomic E-state index is 0.103. The maximum Gasteiger partial charge on any atom is 0.508 e. The first-order valence-corrected chi connectivity index (χ1v) is 26.7. The summed E-state index contributed by atoms with van der Waals surface area (Å²) in [4.78, 5) is 73.7. The van der Waals surface area contributed by atoms with Gasteiger partial charge in [-0.15, -0.1) is 0 Å². The van der Waals surface area contributed by atoms with Crippen LogP contribution in [0, 0.1) is 16.7 Å². The number of amides is 1. The van der Waals surface area contributed by atoms with E-state index in [1.165, 1.54) is 37.1 Å². The Morgan fingerprint density at radius 3 is 2.10 bits per heavy atom. The maximum atomic E-state index is 15.5. The molecule has 2 saturated carbocycles. The highest BCUT2D eigenvalue weighted by molar-refractivity contribution is 6.67. The molecule has 78 heavy (non-hydrogen) atoms. The molecule has 10 unspecified atom stereocenters. The molecule has 14 atom stereocenters. The third kappa shape index (κ3) is 10.2. The molecule has 5 fully saturated rings. The number of nitrogens with zero attached hydrogens (tertiary/aromatic N) is 1. The summed E-state index contributed by atoms with van der Waals surface area (Å²) < 4.78 is 67.4. The number of carbonyl (C=O) groups is 5. The summed E-state index contributed by atoms with van der Waals surface area (Å²) >= 11 is 18.0. The van der Waals surface area contributed by atoms with Crippen LogP contribution in [0.3, 0.4) is 0 Å². The number of benzene rings is 3. The van der Waals surface area contributed by atoms with Crippen LogP contribution in [0.2, 0.25) is 0 Å². The number of fused-ring (bicyclic) bond motifs is 8. The number of carbonyl (C=O) groups excluding carboxylic acids is 5. The Kier molecular flexibility index (Phi) is 15.6. The Balaban J connectivity index is 1.22. The van der Waals surface area contributed by atoms with E-state index in [4.69, 9.17) is 86.9 Å². The summed E-state index contributed by atoms with van der Waals surface area (Å²) in [5, 5.41) is 14.4. The van der Waals surface area contributed by atoms with E-state index in [1.807, 2.05) is 0 Å². The Bertz CT molecular complexity index is 2820. The van der Waals surface area contributed by atoms with E-state index < -0.39 is 142 Å². The number of ether oxygens (including phenoxy) is 11. The monoisotopic (exact) mass is 1140 g/mol. The molecule has 0 radical (unpaired) electrons. The van der Waals surface area contributed by atoms with Crippen molar-refractivity contribution in [2.75, 3.05) is 20.3 Å².